The van der Waals surface area contributed by atoms with Crippen LogP contribution in [0, 0.1) is 13.8 Å². The Balaban J connectivity index is 1.62. The van der Waals surface area contributed by atoms with E-state index in [4.69, 9.17) is 21.4 Å². The Kier molecular flexibility index (Phi) is 5.97. The number of ether oxygens (including phenoxy) is 1. The lowest BCUT2D eigenvalue weighted by Gasteiger charge is -2.11. The first-order valence-corrected chi connectivity index (χ1v) is 10.4. The number of imidazole rings is 1. The van der Waals surface area contributed by atoms with Crippen LogP contribution < -0.4 is 4.74 Å². The first kappa shape index (κ1) is 21.6. The van der Waals surface area contributed by atoms with Crippen molar-refractivity contribution < 1.29 is 19.4 Å². The summed E-state index contributed by atoms with van der Waals surface area (Å²) < 4.78 is 5.30. The van der Waals surface area contributed by atoms with Crippen molar-refractivity contribution in [3.63, 3.8) is 0 Å². The predicted molar refractivity (Wildman–Crippen MR) is 124 cm³/mol. The number of carboxylic acids is 1. The van der Waals surface area contributed by atoms with E-state index >= 15 is 0 Å². The Morgan fingerprint density at radius 2 is 1.81 bits per heavy atom. The molecule has 1 heterocycles. The number of rotatable bonds is 7. The highest BCUT2D eigenvalue weighted by atomic mass is 35.5. The van der Waals surface area contributed by atoms with E-state index in [0.717, 1.165) is 33.3 Å². The second-order valence-electron chi connectivity index (χ2n) is 7.66. The van der Waals surface area contributed by atoms with Crippen LogP contribution in [-0.4, -0.2) is 33.4 Å². The highest BCUT2D eigenvalue weighted by Crippen LogP contribution is 2.31. The van der Waals surface area contributed by atoms with Crippen LogP contribution in [0.4, 0.5) is 0 Å². The molecule has 32 heavy (non-hydrogen) atoms. The van der Waals surface area contributed by atoms with Crippen molar-refractivity contribution in [2.75, 3.05) is 6.61 Å². The fourth-order valence-electron chi connectivity index (χ4n) is 3.76. The summed E-state index contributed by atoms with van der Waals surface area (Å²) in [5, 5.41) is 9.42. The first-order valence-electron chi connectivity index (χ1n) is 10.0. The molecule has 2 N–H and O–H groups in total. The molecule has 0 bridgehead atoms. The van der Waals surface area contributed by atoms with Gasteiger partial charge in [0, 0.05) is 22.6 Å². The minimum atomic E-state index is -1.03. The maximum Gasteiger partial charge on any atom is 0.341 e. The van der Waals surface area contributed by atoms with Crippen LogP contribution in [0.1, 0.15) is 27.0 Å². The molecule has 1 aromatic heterocycles. The highest BCUT2D eigenvalue weighted by Gasteiger charge is 2.15. The number of hydrogen-bond donors (Lipinski definition) is 2. The normalized spacial score (nSPS) is 11.0. The summed E-state index contributed by atoms with van der Waals surface area (Å²) in [5.41, 5.74) is 5.70. The lowest BCUT2D eigenvalue weighted by Crippen LogP contribution is -2.09. The SMILES string of the molecule is Cc1cc(OCC(=O)O)cc(C)c1-c1nc2ccc(C(=O)Cc3cccc(Cl)c3)cc2[nH]1. The molecule has 3 aromatic carbocycles. The number of H-pyrrole nitrogens is 1. The molecule has 0 fully saturated rings. The average molecular weight is 449 g/mol. The number of Topliss-reactive ketones (excluding diaryl/α,β-unsaturated/α-hetero) is 1. The average Bonchev–Trinajstić information content (AvgIpc) is 3.14. The van der Waals surface area contributed by atoms with Crippen LogP contribution in [0.2, 0.25) is 5.02 Å². The molecule has 0 saturated carbocycles. The molecule has 0 unspecified atom stereocenters. The van der Waals surface area contributed by atoms with Crippen molar-refractivity contribution in [1.29, 1.82) is 0 Å². The Labute approximate surface area is 189 Å². The summed E-state index contributed by atoms with van der Waals surface area (Å²) in [6, 6.07) is 16.3. The summed E-state index contributed by atoms with van der Waals surface area (Å²) in [7, 11) is 0. The molecule has 0 radical (unpaired) electrons. The first-order chi connectivity index (χ1) is 15.3. The number of nitrogens with one attached hydrogen (secondary N) is 1. The van der Waals surface area contributed by atoms with Crippen molar-refractivity contribution in [3.8, 4) is 17.1 Å². The molecule has 4 aromatic rings. The van der Waals surface area contributed by atoms with Crippen molar-refractivity contribution in [2.24, 2.45) is 0 Å². The standard InChI is InChI=1S/C25H21ClN2O4/c1-14-8-19(32-13-23(30)31)9-15(2)24(14)25-27-20-7-6-17(12-21(20)28-25)22(29)11-16-4-3-5-18(26)10-16/h3-10,12H,11,13H2,1-2H3,(H,27,28)(H,30,31). The van der Waals surface area contributed by atoms with Crippen LogP contribution in [0.5, 0.6) is 5.75 Å². The van der Waals surface area contributed by atoms with Crippen LogP contribution in [0.25, 0.3) is 22.4 Å². The molecule has 6 nitrogen and oxygen atoms in total. The molecule has 0 spiro atoms. The molecule has 0 saturated heterocycles. The van der Waals surface area contributed by atoms with E-state index in [2.05, 4.69) is 9.97 Å². The molecule has 4 rings (SSSR count). The number of halogens is 1. The molecule has 7 heteroatoms. The van der Waals surface area contributed by atoms with Gasteiger partial charge in [-0.15, -0.1) is 0 Å². The number of carbonyl (C=O) groups is 2. The van der Waals surface area contributed by atoms with Crippen LogP contribution >= 0.6 is 11.6 Å². The summed E-state index contributed by atoms with van der Waals surface area (Å²) in [5.74, 6) is 0.148. The number of hydrogen-bond acceptors (Lipinski definition) is 4. The second kappa shape index (κ2) is 8.85. The van der Waals surface area contributed by atoms with Gasteiger partial charge in [0.1, 0.15) is 11.6 Å². The number of aliphatic carboxylic acids is 1. The number of carboxylic acid groups (broad SMARTS) is 1. The number of aromatic nitrogens is 2. The highest BCUT2D eigenvalue weighted by molar-refractivity contribution is 6.30. The Hall–Kier alpha value is -3.64. The van der Waals surface area contributed by atoms with Crippen molar-refractivity contribution in [3.05, 3.63) is 81.9 Å². The molecule has 162 valence electrons. The third kappa shape index (κ3) is 4.65. The largest absolute Gasteiger partial charge is 0.482 e. The van der Waals surface area contributed by atoms with Gasteiger partial charge in [0.05, 0.1) is 11.0 Å². The molecular weight excluding hydrogens is 428 g/mol. The van der Waals surface area contributed by atoms with Gasteiger partial charge in [-0.25, -0.2) is 9.78 Å². The lowest BCUT2D eigenvalue weighted by atomic mass is 10.0. The van der Waals surface area contributed by atoms with Crippen LogP contribution in [-0.2, 0) is 11.2 Å². The number of benzene rings is 3. The van der Waals surface area contributed by atoms with Gasteiger partial charge in [0.15, 0.2) is 12.4 Å². The van der Waals surface area contributed by atoms with Gasteiger partial charge in [0.25, 0.3) is 0 Å². The van der Waals surface area contributed by atoms with Crippen LogP contribution in [0.15, 0.2) is 54.6 Å². The molecule has 0 aliphatic heterocycles. The fraction of sp³-hybridized carbons (Fsp3) is 0.160. The van der Waals surface area contributed by atoms with E-state index in [1.807, 2.05) is 38.1 Å². The summed E-state index contributed by atoms with van der Waals surface area (Å²) >= 11 is 6.02. The number of fused-ring (bicyclic) bond motifs is 1. The number of aryl methyl sites for hydroxylation is 2. The molecule has 0 aliphatic rings. The van der Waals surface area contributed by atoms with Crippen molar-refractivity contribution in [2.45, 2.75) is 20.3 Å². The number of aromatic amines is 1. The van der Waals surface area contributed by atoms with Gasteiger partial charge in [-0.2, -0.15) is 0 Å². The van der Waals surface area contributed by atoms with Gasteiger partial charge < -0.3 is 14.8 Å². The van der Waals surface area contributed by atoms with E-state index in [1.165, 1.54) is 0 Å². The van der Waals surface area contributed by atoms with E-state index in [-0.39, 0.29) is 12.2 Å². The van der Waals surface area contributed by atoms with Gasteiger partial charge in [-0.1, -0.05) is 23.7 Å². The van der Waals surface area contributed by atoms with Gasteiger partial charge >= 0.3 is 5.97 Å². The van der Waals surface area contributed by atoms with Gasteiger partial charge in [-0.3, -0.25) is 4.79 Å². The maximum atomic E-state index is 12.8. The number of carbonyl (C=O) groups excluding carboxylic acids is 1. The third-order valence-electron chi connectivity index (χ3n) is 5.16. The summed E-state index contributed by atoms with van der Waals surface area (Å²) in [6.07, 6.45) is 0.267. The van der Waals surface area contributed by atoms with Crippen molar-refractivity contribution in [1.82, 2.24) is 9.97 Å². The van der Waals surface area contributed by atoms with Crippen molar-refractivity contribution >= 4 is 34.4 Å². The van der Waals surface area contributed by atoms with E-state index in [0.29, 0.717) is 22.2 Å². The quantitative estimate of drug-likeness (QED) is 0.370. The monoisotopic (exact) mass is 448 g/mol. The molecule has 0 amide bonds. The summed E-state index contributed by atoms with van der Waals surface area (Å²) in [4.78, 5) is 31.5. The topological polar surface area (TPSA) is 92.3 Å². The maximum absolute atomic E-state index is 12.8. The Morgan fingerprint density at radius 1 is 1.06 bits per heavy atom. The molecular formula is C25H21ClN2O4. The Morgan fingerprint density at radius 3 is 2.50 bits per heavy atom. The number of ketones is 1. The zero-order chi connectivity index (χ0) is 22.8. The van der Waals surface area contributed by atoms with E-state index < -0.39 is 12.6 Å². The smallest absolute Gasteiger partial charge is 0.341 e. The molecule has 0 atom stereocenters. The lowest BCUT2D eigenvalue weighted by molar-refractivity contribution is -0.139. The van der Waals surface area contributed by atoms with E-state index in [1.54, 1.807) is 30.3 Å². The minimum absolute atomic E-state index is 0.00221. The van der Waals surface area contributed by atoms with Crippen LogP contribution in [0.3, 0.4) is 0 Å². The third-order valence-corrected chi connectivity index (χ3v) is 5.40. The Bertz CT molecular complexity index is 1320. The minimum Gasteiger partial charge on any atom is -0.482 e. The van der Waals surface area contributed by atoms with E-state index in [9.17, 15) is 9.59 Å². The predicted octanol–water partition coefficient (Wildman–Crippen LogP) is 5.39. The second-order valence-corrected chi connectivity index (χ2v) is 8.10. The van der Waals surface area contributed by atoms with Gasteiger partial charge in [-0.05, 0) is 73.0 Å². The molecule has 0 aliphatic carbocycles. The number of nitrogens with zero attached hydrogens (tertiary/aromatic N) is 1. The zero-order valence-electron chi connectivity index (χ0n) is 17.6. The summed E-state index contributed by atoms with van der Waals surface area (Å²) in [6.45, 7) is 3.45. The zero-order valence-corrected chi connectivity index (χ0v) is 18.4. The van der Waals surface area contributed by atoms with Gasteiger partial charge in [0.2, 0.25) is 0 Å². The fourth-order valence-corrected chi connectivity index (χ4v) is 3.97.